The molecule has 32 heavy (non-hydrogen) atoms. The molecular formula is C22H26F3N5O2. The fourth-order valence-electron chi connectivity index (χ4n) is 3.54. The number of halogens is 3. The molecule has 0 saturated carbocycles. The van der Waals surface area contributed by atoms with Crippen molar-refractivity contribution in [2.24, 2.45) is 5.73 Å². The standard InChI is InChI=1S/C22H26F3N5O2/c23-22(24,25)17-5-2-7-19(15-17)30-12-10-29(11-13-30)9-3-8-27-21(32)28-18-6-1-4-16(14-18)20(26)31/h1-2,4-7,14-15H,3,8-13H2,(H2,26,31)(H2,27,28,32). The van der Waals surface area contributed by atoms with Crippen molar-refractivity contribution in [2.45, 2.75) is 12.6 Å². The Morgan fingerprint density at radius 1 is 1.00 bits per heavy atom. The summed E-state index contributed by atoms with van der Waals surface area (Å²) in [5.74, 6) is -0.567. The average molecular weight is 449 g/mol. The molecule has 1 aliphatic heterocycles. The van der Waals surface area contributed by atoms with Gasteiger partial charge >= 0.3 is 12.2 Å². The fraction of sp³-hybridized carbons (Fsp3) is 0.364. The summed E-state index contributed by atoms with van der Waals surface area (Å²) >= 11 is 0. The van der Waals surface area contributed by atoms with Crippen LogP contribution in [-0.2, 0) is 6.18 Å². The first-order chi connectivity index (χ1) is 15.2. The number of carbonyl (C=O) groups excluding carboxylic acids is 2. The molecule has 4 N–H and O–H groups in total. The van der Waals surface area contributed by atoms with E-state index in [-0.39, 0.29) is 6.03 Å². The molecule has 2 aromatic rings. The van der Waals surface area contributed by atoms with Crippen molar-refractivity contribution in [2.75, 3.05) is 49.5 Å². The van der Waals surface area contributed by atoms with Gasteiger partial charge in [-0.3, -0.25) is 9.69 Å². The van der Waals surface area contributed by atoms with Crippen LogP contribution in [0.4, 0.5) is 29.3 Å². The van der Waals surface area contributed by atoms with Gasteiger partial charge in [-0.15, -0.1) is 0 Å². The lowest BCUT2D eigenvalue weighted by Crippen LogP contribution is -2.47. The maximum atomic E-state index is 12.9. The van der Waals surface area contributed by atoms with Crippen molar-refractivity contribution in [3.63, 3.8) is 0 Å². The Bertz CT molecular complexity index is 943. The molecular weight excluding hydrogens is 423 g/mol. The van der Waals surface area contributed by atoms with Gasteiger partial charge in [0.05, 0.1) is 5.56 Å². The molecule has 0 unspecified atom stereocenters. The van der Waals surface area contributed by atoms with Crippen molar-refractivity contribution in [1.82, 2.24) is 10.2 Å². The minimum atomic E-state index is -4.35. The Kier molecular flexibility index (Phi) is 7.57. The van der Waals surface area contributed by atoms with Crippen LogP contribution in [0.2, 0.25) is 0 Å². The van der Waals surface area contributed by atoms with Crippen molar-refractivity contribution in [1.29, 1.82) is 0 Å². The number of rotatable bonds is 7. The van der Waals surface area contributed by atoms with Crippen LogP contribution in [0.25, 0.3) is 0 Å². The Morgan fingerprint density at radius 3 is 2.41 bits per heavy atom. The summed E-state index contributed by atoms with van der Waals surface area (Å²) in [6, 6.07) is 11.4. The third-order valence-electron chi connectivity index (χ3n) is 5.25. The van der Waals surface area contributed by atoms with Crippen LogP contribution in [0.1, 0.15) is 22.3 Å². The minimum Gasteiger partial charge on any atom is -0.369 e. The normalized spacial score (nSPS) is 14.8. The highest BCUT2D eigenvalue weighted by atomic mass is 19.4. The van der Waals surface area contributed by atoms with E-state index in [2.05, 4.69) is 15.5 Å². The number of hydrogen-bond acceptors (Lipinski definition) is 4. The van der Waals surface area contributed by atoms with Gasteiger partial charge in [0.15, 0.2) is 0 Å². The van der Waals surface area contributed by atoms with E-state index in [1.54, 1.807) is 24.3 Å². The quantitative estimate of drug-likeness (QED) is 0.567. The molecule has 0 aliphatic carbocycles. The maximum Gasteiger partial charge on any atom is 0.416 e. The third-order valence-corrected chi connectivity index (χ3v) is 5.25. The zero-order chi connectivity index (χ0) is 23.1. The second-order valence-electron chi connectivity index (χ2n) is 7.56. The summed E-state index contributed by atoms with van der Waals surface area (Å²) in [7, 11) is 0. The molecule has 0 bridgehead atoms. The van der Waals surface area contributed by atoms with E-state index in [0.29, 0.717) is 36.6 Å². The predicted octanol–water partition coefficient (Wildman–Crippen LogP) is 3.14. The van der Waals surface area contributed by atoms with Crippen LogP contribution in [-0.4, -0.2) is 56.1 Å². The molecule has 1 heterocycles. The largest absolute Gasteiger partial charge is 0.416 e. The van der Waals surface area contributed by atoms with Gasteiger partial charge in [0, 0.05) is 49.7 Å². The maximum absolute atomic E-state index is 12.9. The summed E-state index contributed by atoms with van der Waals surface area (Å²) in [6.07, 6.45) is -3.61. The van der Waals surface area contributed by atoms with Crippen LogP contribution in [0.15, 0.2) is 48.5 Å². The number of nitrogens with zero attached hydrogens (tertiary/aromatic N) is 2. The summed E-state index contributed by atoms with van der Waals surface area (Å²) in [5.41, 5.74) is 5.96. The third kappa shape index (κ3) is 6.61. The highest BCUT2D eigenvalue weighted by molar-refractivity contribution is 5.95. The van der Waals surface area contributed by atoms with Gasteiger partial charge in [0.25, 0.3) is 0 Å². The number of primary amides is 1. The van der Waals surface area contributed by atoms with Gasteiger partial charge in [-0.05, 0) is 49.4 Å². The highest BCUT2D eigenvalue weighted by Gasteiger charge is 2.31. The summed E-state index contributed by atoms with van der Waals surface area (Å²) in [6.45, 7) is 4.00. The van der Waals surface area contributed by atoms with Crippen LogP contribution >= 0.6 is 0 Å². The van der Waals surface area contributed by atoms with Crippen LogP contribution in [0.5, 0.6) is 0 Å². The zero-order valence-electron chi connectivity index (χ0n) is 17.5. The first-order valence-electron chi connectivity index (χ1n) is 10.3. The number of piperazine rings is 1. The molecule has 3 amide bonds. The van der Waals surface area contributed by atoms with Gasteiger partial charge in [-0.25, -0.2) is 4.79 Å². The van der Waals surface area contributed by atoms with Crippen molar-refractivity contribution in [3.05, 3.63) is 59.7 Å². The molecule has 0 aromatic heterocycles. The number of carbonyl (C=O) groups is 2. The van der Waals surface area contributed by atoms with Gasteiger partial charge in [0.2, 0.25) is 5.91 Å². The van der Waals surface area contributed by atoms with E-state index in [4.69, 9.17) is 5.73 Å². The second-order valence-corrected chi connectivity index (χ2v) is 7.56. The monoisotopic (exact) mass is 449 g/mol. The van der Waals surface area contributed by atoms with Crippen molar-refractivity contribution in [3.8, 4) is 0 Å². The van der Waals surface area contributed by atoms with Crippen LogP contribution < -0.4 is 21.3 Å². The molecule has 1 aliphatic rings. The first kappa shape index (κ1) is 23.4. The minimum absolute atomic E-state index is 0.312. The Balaban J connectivity index is 1.36. The topological polar surface area (TPSA) is 90.7 Å². The lowest BCUT2D eigenvalue weighted by molar-refractivity contribution is -0.137. The Morgan fingerprint density at radius 2 is 1.72 bits per heavy atom. The van der Waals surface area contributed by atoms with Gasteiger partial charge < -0.3 is 21.3 Å². The first-order valence-corrected chi connectivity index (χ1v) is 10.3. The lowest BCUT2D eigenvalue weighted by atomic mass is 10.1. The zero-order valence-corrected chi connectivity index (χ0v) is 17.5. The molecule has 1 fully saturated rings. The Labute approximate surface area is 184 Å². The number of alkyl halides is 3. The number of amides is 3. The highest BCUT2D eigenvalue weighted by Crippen LogP contribution is 2.31. The smallest absolute Gasteiger partial charge is 0.369 e. The van der Waals surface area contributed by atoms with E-state index in [1.807, 2.05) is 4.90 Å². The molecule has 1 saturated heterocycles. The fourth-order valence-corrected chi connectivity index (χ4v) is 3.54. The van der Waals surface area contributed by atoms with Gasteiger partial charge in [0.1, 0.15) is 0 Å². The number of anilines is 2. The van der Waals surface area contributed by atoms with Crippen molar-refractivity contribution >= 4 is 23.3 Å². The summed E-state index contributed by atoms with van der Waals surface area (Å²) in [4.78, 5) is 27.4. The predicted molar refractivity (Wildman–Crippen MR) is 117 cm³/mol. The molecule has 172 valence electrons. The SMILES string of the molecule is NC(=O)c1cccc(NC(=O)NCCCN2CCN(c3cccc(C(F)(F)F)c3)CC2)c1. The molecule has 3 rings (SSSR count). The van der Waals surface area contributed by atoms with Crippen molar-refractivity contribution < 1.29 is 22.8 Å². The number of benzene rings is 2. The number of nitrogens with two attached hydrogens (primary N) is 1. The van der Waals surface area contributed by atoms with Crippen LogP contribution in [0, 0.1) is 0 Å². The van der Waals surface area contributed by atoms with Gasteiger partial charge in [-0.1, -0.05) is 12.1 Å². The van der Waals surface area contributed by atoms with E-state index < -0.39 is 17.6 Å². The lowest BCUT2D eigenvalue weighted by Gasteiger charge is -2.36. The van der Waals surface area contributed by atoms with Gasteiger partial charge in [-0.2, -0.15) is 13.2 Å². The van der Waals surface area contributed by atoms with E-state index in [1.165, 1.54) is 18.2 Å². The summed E-state index contributed by atoms with van der Waals surface area (Å²) < 4.78 is 38.8. The molecule has 0 radical (unpaired) electrons. The number of urea groups is 1. The molecule has 2 aromatic carbocycles. The number of hydrogen-bond donors (Lipinski definition) is 3. The Hall–Kier alpha value is -3.27. The number of nitrogens with one attached hydrogen (secondary N) is 2. The van der Waals surface area contributed by atoms with E-state index in [9.17, 15) is 22.8 Å². The molecule has 0 spiro atoms. The average Bonchev–Trinajstić information content (AvgIpc) is 2.77. The molecule has 10 heteroatoms. The summed E-state index contributed by atoms with van der Waals surface area (Å²) in [5, 5.41) is 5.42. The van der Waals surface area contributed by atoms with E-state index >= 15 is 0 Å². The van der Waals surface area contributed by atoms with E-state index in [0.717, 1.165) is 32.1 Å². The second kappa shape index (κ2) is 10.4. The van der Waals surface area contributed by atoms with Crippen LogP contribution in [0.3, 0.4) is 0 Å². The molecule has 0 atom stereocenters. The molecule has 7 nitrogen and oxygen atoms in total.